The maximum absolute atomic E-state index is 13.2. The zero-order chi connectivity index (χ0) is 23.7. The summed E-state index contributed by atoms with van der Waals surface area (Å²) in [7, 11) is 0. The molecule has 1 atom stereocenters. The van der Waals surface area contributed by atoms with Crippen LogP contribution in [0.25, 0.3) is 21.9 Å². The van der Waals surface area contributed by atoms with Crippen molar-refractivity contribution in [3.8, 4) is 0 Å². The summed E-state index contributed by atoms with van der Waals surface area (Å²) in [5.41, 5.74) is 9.56. The van der Waals surface area contributed by atoms with Gasteiger partial charge in [-0.15, -0.1) is 0 Å². The lowest BCUT2D eigenvalue weighted by atomic mass is 9.87. The first kappa shape index (κ1) is 21.9. The van der Waals surface area contributed by atoms with Crippen LogP contribution in [-0.4, -0.2) is 61.6 Å². The standard InChI is InChI=1S/C23H26N8O3/c24-23(6-9-31(10-7-23)20-16-5-8-25-19(16)27-13-28-20)22(33)29-18(21(32)30-34)11-14-12-26-17-4-2-1-3-15(14)17/h1-5,8,12-13,18,26,34H,6-7,9-11,24H2,(H,29,33)(H,30,32)(H,25,27,28)/t18-/m1/s1. The number of hydroxylamine groups is 1. The Bertz CT molecular complexity index is 1340. The summed E-state index contributed by atoms with van der Waals surface area (Å²) in [5.74, 6) is -0.323. The molecule has 0 spiro atoms. The minimum atomic E-state index is -1.14. The number of rotatable bonds is 6. The molecule has 4 aromatic rings. The van der Waals surface area contributed by atoms with E-state index in [-0.39, 0.29) is 6.42 Å². The topological polar surface area (TPSA) is 165 Å². The van der Waals surface area contributed by atoms with Crippen LogP contribution in [0, 0.1) is 0 Å². The van der Waals surface area contributed by atoms with Crippen LogP contribution in [0.4, 0.5) is 5.82 Å². The number of amides is 2. The molecule has 2 amide bonds. The van der Waals surface area contributed by atoms with Crippen molar-refractivity contribution < 1.29 is 14.8 Å². The van der Waals surface area contributed by atoms with E-state index in [9.17, 15) is 14.8 Å². The van der Waals surface area contributed by atoms with E-state index < -0.39 is 23.4 Å². The average molecular weight is 463 g/mol. The van der Waals surface area contributed by atoms with Crippen LogP contribution in [0.1, 0.15) is 18.4 Å². The second kappa shape index (κ2) is 8.76. The predicted molar refractivity (Wildman–Crippen MR) is 126 cm³/mol. The molecule has 1 aliphatic heterocycles. The van der Waals surface area contributed by atoms with E-state index in [1.165, 1.54) is 6.33 Å². The Morgan fingerprint density at radius 1 is 1.15 bits per heavy atom. The molecule has 3 aromatic heterocycles. The summed E-state index contributed by atoms with van der Waals surface area (Å²) < 4.78 is 0. The highest BCUT2D eigenvalue weighted by atomic mass is 16.5. The number of anilines is 1. The lowest BCUT2D eigenvalue weighted by molar-refractivity contribution is -0.136. The Labute approximate surface area is 194 Å². The van der Waals surface area contributed by atoms with E-state index >= 15 is 0 Å². The van der Waals surface area contributed by atoms with E-state index in [1.807, 2.05) is 36.5 Å². The van der Waals surface area contributed by atoms with Crippen molar-refractivity contribution in [1.29, 1.82) is 0 Å². The lowest BCUT2D eigenvalue weighted by Crippen LogP contribution is -2.62. The maximum atomic E-state index is 13.2. The van der Waals surface area contributed by atoms with Crippen LogP contribution in [0.3, 0.4) is 0 Å². The summed E-state index contributed by atoms with van der Waals surface area (Å²) >= 11 is 0. The van der Waals surface area contributed by atoms with E-state index in [2.05, 4.69) is 30.2 Å². The Balaban J connectivity index is 1.29. The van der Waals surface area contributed by atoms with Crippen molar-refractivity contribution in [3.05, 3.63) is 54.6 Å². The van der Waals surface area contributed by atoms with Gasteiger partial charge in [0.25, 0.3) is 5.91 Å². The number of nitrogens with two attached hydrogens (primary N) is 1. The first-order chi connectivity index (χ1) is 16.5. The molecule has 1 aromatic carbocycles. The molecule has 176 valence electrons. The van der Waals surface area contributed by atoms with E-state index in [0.29, 0.717) is 25.9 Å². The molecule has 4 heterocycles. The number of aromatic nitrogens is 4. The highest BCUT2D eigenvalue weighted by Gasteiger charge is 2.40. The number of nitrogens with one attached hydrogen (secondary N) is 4. The van der Waals surface area contributed by atoms with Crippen molar-refractivity contribution in [3.63, 3.8) is 0 Å². The zero-order valence-electron chi connectivity index (χ0n) is 18.4. The first-order valence-corrected chi connectivity index (χ1v) is 11.1. The van der Waals surface area contributed by atoms with Crippen molar-refractivity contribution in [2.75, 3.05) is 18.0 Å². The summed E-state index contributed by atoms with van der Waals surface area (Å²) in [6.07, 6.45) is 6.09. The van der Waals surface area contributed by atoms with Crippen LogP contribution in [0.2, 0.25) is 0 Å². The van der Waals surface area contributed by atoms with Crippen LogP contribution in [0.15, 0.2) is 49.1 Å². The van der Waals surface area contributed by atoms with Crippen molar-refractivity contribution in [2.24, 2.45) is 5.73 Å². The number of carbonyl (C=O) groups excluding carboxylic acids is 2. The number of hydrogen-bond donors (Lipinski definition) is 6. The summed E-state index contributed by atoms with van der Waals surface area (Å²) in [4.78, 5) is 42.5. The molecule has 7 N–H and O–H groups in total. The predicted octanol–water partition coefficient (Wildman–Crippen LogP) is 0.970. The number of fused-ring (bicyclic) bond motifs is 2. The summed E-state index contributed by atoms with van der Waals surface area (Å²) in [6.45, 7) is 1.06. The van der Waals surface area contributed by atoms with Gasteiger partial charge in [0.2, 0.25) is 5.91 Å². The smallest absolute Gasteiger partial charge is 0.266 e. The van der Waals surface area contributed by atoms with Gasteiger partial charge in [0.05, 0.1) is 10.9 Å². The number of nitrogens with zero attached hydrogens (tertiary/aromatic N) is 3. The number of hydrogen-bond acceptors (Lipinski definition) is 7. The quantitative estimate of drug-likeness (QED) is 0.183. The molecule has 0 radical (unpaired) electrons. The van der Waals surface area contributed by atoms with Gasteiger partial charge in [0, 0.05) is 42.8 Å². The van der Waals surface area contributed by atoms with Crippen molar-refractivity contribution in [2.45, 2.75) is 30.8 Å². The SMILES string of the molecule is NC1(C(=O)N[C@H](Cc2c[nH]c3ccccc23)C(=O)NO)CCN(c2ncnc3[nH]ccc23)CC1. The number of para-hydroxylation sites is 1. The Hall–Kier alpha value is -3.96. The summed E-state index contributed by atoms with van der Waals surface area (Å²) in [6, 6.07) is 8.63. The average Bonchev–Trinajstić information content (AvgIpc) is 3.51. The van der Waals surface area contributed by atoms with E-state index in [4.69, 9.17) is 5.73 Å². The van der Waals surface area contributed by atoms with Crippen molar-refractivity contribution in [1.82, 2.24) is 30.7 Å². The molecule has 11 heteroatoms. The van der Waals surface area contributed by atoms with Gasteiger partial charge < -0.3 is 25.9 Å². The number of benzene rings is 1. The van der Waals surface area contributed by atoms with Gasteiger partial charge in [-0.2, -0.15) is 0 Å². The molecule has 0 saturated carbocycles. The molecular formula is C23H26N8O3. The van der Waals surface area contributed by atoms with Gasteiger partial charge in [-0.1, -0.05) is 18.2 Å². The Morgan fingerprint density at radius 3 is 2.74 bits per heavy atom. The third kappa shape index (κ3) is 3.95. The summed E-state index contributed by atoms with van der Waals surface area (Å²) in [5, 5.41) is 13.9. The van der Waals surface area contributed by atoms with E-state index in [0.717, 1.165) is 33.3 Å². The normalized spacial score (nSPS) is 16.5. The van der Waals surface area contributed by atoms with Gasteiger partial charge in [-0.3, -0.25) is 14.8 Å². The Kier molecular flexibility index (Phi) is 5.64. The highest BCUT2D eigenvalue weighted by Crippen LogP contribution is 2.28. The fourth-order valence-corrected chi connectivity index (χ4v) is 4.56. The van der Waals surface area contributed by atoms with Gasteiger partial charge in [-0.25, -0.2) is 15.4 Å². The van der Waals surface area contributed by atoms with Crippen LogP contribution >= 0.6 is 0 Å². The molecule has 0 aliphatic carbocycles. The second-order valence-corrected chi connectivity index (χ2v) is 8.65. The largest absolute Gasteiger partial charge is 0.361 e. The molecule has 34 heavy (non-hydrogen) atoms. The van der Waals surface area contributed by atoms with Crippen LogP contribution in [-0.2, 0) is 16.0 Å². The molecule has 1 fully saturated rings. The zero-order valence-corrected chi connectivity index (χ0v) is 18.4. The minimum absolute atomic E-state index is 0.205. The maximum Gasteiger partial charge on any atom is 0.266 e. The number of carbonyl (C=O) groups is 2. The Morgan fingerprint density at radius 2 is 1.94 bits per heavy atom. The fraction of sp³-hybridized carbons (Fsp3) is 0.304. The molecule has 0 bridgehead atoms. The molecule has 5 rings (SSSR count). The van der Waals surface area contributed by atoms with Crippen LogP contribution < -0.4 is 21.4 Å². The van der Waals surface area contributed by atoms with Gasteiger partial charge in [-0.05, 0) is 30.5 Å². The van der Waals surface area contributed by atoms with Crippen molar-refractivity contribution >= 4 is 39.6 Å². The number of piperidine rings is 1. The second-order valence-electron chi connectivity index (χ2n) is 8.65. The van der Waals surface area contributed by atoms with Gasteiger partial charge in [0.15, 0.2) is 0 Å². The number of H-pyrrole nitrogens is 2. The number of aromatic amines is 2. The lowest BCUT2D eigenvalue weighted by Gasteiger charge is -2.39. The highest BCUT2D eigenvalue weighted by molar-refractivity contribution is 5.93. The third-order valence-electron chi connectivity index (χ3n) is 6.57. The van der Waals surface area contributed by atoms with E-state index in [1.54, 1.807) is 11.7 Å². The molecule has 11 nitrogen and oxygen atoms in total. The third-order valence-corrected chi connectivity index (χ3v) is 6.57. The van der Waals surface area contributed by atoms with Gasteiger partial charge in [0.1, 0.15) is 23.8 Å². The molecular weight excluding hydrogens is 436 g/mol. The molecule has 0 unspecified atom stereocenters. The monoisotopic (exact) mass is 462 g/mol. The van der Waals surface area contributed by atoms with Gasteiger partial charge >= 0.3 is 0 Å². The molecule has 1 saturated heterocycles. The first-order valence-electron chi connectivity index (χ1n) is 11.1. The minimum Gasteiger partial charge on any atom is -0.361 e. The van der Waals surface area contributed by atoms with Crippen LogP contribution in [0.5, 0.6) is 0 Å². The fourth-order valence-electron chi connectivity index (χ4n) is 4.56. The molecule has 1 aliphatic rings.